The van der Waals surface area contributed by atoms with Gasteiger partial charge in [0, 0.05) is 13.6 Å². The van der Waals surface area contributed by atoms with Crippen LogP contribution < -0.4 is 0 Å². The first kappa shape index (κ1) is 17.8. The second-order valence-electron chi connectivity index (χ2n) is 6.08. The number of esters is 1. The Bertz CT molecular complexity index is 774. The number of piperidine rings is 1. The predicted octanol–water partition coefficient (Wildman–Crippen LogP) is 2.61. The third kappa shape index (κ3) is 3.81. The van der Waals surface area contributed by atoms with Gasteiger partial charge < -0.3 is 14.2 Å². The van der Waals surface area contributed by atoms with Crippen LogP contribution in [0.15, 0.2) is 29.4 Å². The highest BCUT2D eigenvalue weighted by Crippen LogP contribution is 2.25. The highest BCUT2D eigenvalue weighted by molar-refractivity contribution is 7.99. The second-order valence-corrected chi connectivity index (χ2v) is 7.02. The molecule has 1 aromatic heterocycles. The molecule has 1 aliphatic heterocycles. The van der Waals surface area contributed by atoms with E-state index in [1.54, 1.807) is 11.8 Å². The number of benzene rings is 1. The van der Waals surface area contributed by atoms with Crippen LogP contribution in [0, 0.1) is 0 Å². The average Bonchev–Trinajstić information content (AvgIpc) is 2.96. The van der Waals surface area contributed by atoms with E-state index in [2.05, 4.69) is 4.98 Å². The monoisotopic (exact) mass is 361 g/mol. The summed E-state index contributed by atoms with van der Waals surface area (Å²) in [5.41, 5.74) is 1.96. The van der Waals surface area contributed by atoms with E-state index in [0.29, 0.717) is 19.6 Å². The third-order valence-electron chi connectivity index (χ3n) is 4.45. The van der Waals surface area contributed by atoms with E-state index in [1.165, 1.54) is 11.8 Å². The molecule has 0 aliphatic carbocycles. The minimum Gasteiger partial charge on any atom is -0.464 e. The Kier molecular flexibility index (Phi) is 5.63. The van der Waals surface area contributed by atoms with Crippen LogP contribution in [-0.4, -0.2) is 51.3 Å². The Labute approximate surface area is 151 Å². The number of imidazole rings is 1. The number of carbonyl (C=O) groups is 2. The molecule has 0 bridgehead atoms. The SMILES string of the molecule is CCOC(=O)C1CCCCN1C(=O)CSc1nc2ccccc2n1C. The molecule has 3 rings (SSSR count). The molecule has 25 heavy (non-hydrogen) atoms. The minimum absolute atomic E-state index is 0.0326. The predicted molar refractivity (Wildman–Crippen MR) is 97.4 cm³/mol. The Morgan fingerprint density at radius 2 is 2.12 bits per heavy atom. The standard InChI is InChI=1S/C18H23N3O3S/c1-3-24-17(23)15-10-6-7-11-21(15)16(22)12-25-18-19-13-8-4-5-9-14(13)20(18)2/h4-5,8-9,15H,3,6-7,10-12H2,1-2H3. The number of amides is 1. The fourth-order valence-electron chi connectivity index (χ4n) is 3.18. The number of para-hydroxylation sites is 2. The summed E-state index contributed by atoms with van der Waals surface area (Å²) in [7, 11) is 1.95. The maximum Gasteiger partial charge on any atom is 0.328 e. The number of likely N-dealkylation sites (tertiary alicyclic amines) is 1. The smallest absolute Gasteiger partial charge is 0.328 e. The van der Waals surface area contributed by atoms with Crippen LogP contribution in [-0.2, 0) is 21.4 Å². The zero-order valence-corrected chi connectivity index (χ0v) is 15.4. The quantitative estimate of drug-likeness (QED) is 0.605. The first-order valence-electron chi connectivity index (χ1n) is 8.62. The first-order chi connectivity index (χ1) is 12.1. The van der Waals surface area contributed by atoms with Gasteiger partial charge in [-0.2, -0.15) is 0 Å². The van der Waals surface area contributed by atoms with Crippen molar-refractivity contribution in [2.75, 3.05) is 18.9 Å². The van der Waals surface area contributed by atoms with Crippen molar-refractivity contribution in [1.29, 1.82) is 0 Å². The number of carbonyl (C=O) groups excluding carboxylic acids is 2. The minimum atomic E-state index is -0.442. The lowest BCUT2D eigenvalue weighted by Gasteiger charge is -2.33. The van der Waals surface area contributed by atoms with E-state index < -0.39 is 6.04 Å². The molecule has 0 N–H and O–H groups in total. The van der Waals surface area contributed by atoms with Crippen LogP contribution in [0.2, 0.25) is 0 Å². The van der Waals surface area contributed by atoms with Crippen molar-refractivity contribution in [2.24, 2.45) is 7.05 Å². The lowest BCUT2D eigenvalue weighted by molar-refractivity contribution is -0.155. The van der Waals surface area contributed by atoms with Crippen LogP contribution in [0.5, 0.6) is 0 Å². The maximum absolute atomic E-state index is 12.7. The van der Waals surface area contributed by atoms with Crippen molar-refractivity contribution >= 4 is 34.7 Å². The molecule has 1 aliphatic rings. The van der Waals surface area contributed by atoms with Gasteiger partial charge in [-0.25, -0.2) is 9.78 Å². The summed E-state index contributed by atoms with van der Waals surface area (Å²) in [6, 6.07) is 7.45. The summed E-state index contributed by atoms with van der Waals surface area (Å²) in [6.07, 6.45) is 2.56. The molecule has 2 aromatic rings. The summed E-state index contributed by atoms with van der Waals surface area (Å²) in [4.78, 5) is 31.1. The summed E-state index contributed by atoms with van der Waals surface area (Å²) in [6.45, 7) is 2.74. The van der Waals surface area contributed by atoms with Crippen molar-refractivity contribution in [3.63, 3.8) is 0 Å². The van der Waals surface area contributed by atoms with Gasteiger partial charge in [0.25, 0.3) is 0 Å². The van der Waals surface area contributed by atoms with Crippen LogP contribution in [0.4, 0.5) is 0 Å². The zero-order valence-electron chi connectivity index (χ0n) is 14.6. The Morgan fingerprint density at radius 3 is 2.88 bits per heavy atom. The van der Waals surface area contributed by atoms with Gasteiger partial charge >= 0.3 is 5.97 Å². The summed E-state index contributed by atoms with van der Waals surface area (Å²) < 4.78 is 7.12. The Balaban J connectivity index is 1.68. The van der Waals surface area contributed by atoms with Crippen molar-refractivity contribution in [1.82, 2.24) is 14.5 Å². The number of nitrogens with zero attached hydrogens (tertiary/aromatic N) is 3. The lowest BCUT2D eigenvalue weighted by atomic mass is 10.0. The van der Waals surface area contributed by atoms with Gasteiger partial charge in [-0.3, -0.25) is 4.79 Å². The largest absolute Gasteiger partial charge is 0.464 e. The number of aromatic nitrogens is 2. The molecule has 1 fully saturated rings. The van der Waals surface area contributed by atoms with E-state index in [9.17, 15) is 9.59 Å². The summed E-state index contributed by atoms with van der Waals surface area (Å²) in [5.74, 6) is -0.0503. The van der Waals surface area contributed by atoms with Crippen LogP contribution >= 0.6 is 11.8 Å². The van der Waals surface area contributed by atoms with Gasteiger partial charge in [0.15, 0.2) is 5.16 Å². The molecule has 1 atom stereocenters. The van der Waals surface area contributed by atoms with Gasteiger partial charge in [-0.05, 0) is 38.3 Å². The zero-order chi connectivity index (χ0) is 17.8. The molecule has 1 amide bonds. The van der Waals surface area contributed by atoms with E-state index in [4.69, 9.17) is 4.74 Å². The average molecular weight is 361 g/mol. The number of ether oxygens (including phenoxy) is 1. The van der Waals surface area contributed by atoms with E-state index in [1.807, 2.05) is 35.9 Å². The van der Waals surface area contributed by atoms with Gasteiger partial charge in [0.05, 0.1) is 23.4 Å². The number of hydrogen-bond donors (Lipinski definition) is 0. The van der Waals surface area contributed by atoms with Crippen LogP contribution in [0.1, 0.15) is 26.2 Å². The van der Waals surface area contributed by atoms with Gasteiger partial charge in [-0.15, -0.1) is 0 Å². The first-order valence-corrected chi connectivity index (χ1v) is 9.60. The molecule has 1 saturated heterocycles. The third-order valence-corrected chi connectivity index (χ3v) is 5.47. The molecular formula is C18H23N3O3S. The second kappa shape index (κ2) is 7.91. The molecular weight excluding hydrogens is 338 g/mol. The number of hydrogen-bond acceptors (Lipinski definition) is 5. The van der Waals surface area contributed by atoms with Gasteiger partial charge in [-0.1, -0.05) is 23.9 Å². The topological polar surface area (TPSA) is 64.4 Å². The van der Waals surface area contributed by atoms with Crippen molar-refractivity contribution < 1.29 is 14.3 Å². The number of fused-ring (bicyclic) bond motifs is 1. The number of rotatable bonds is 5. The van der Waals surface area contributed by atoms with E-state index in [-0.39, 0.29) is 17.6 Å². The molecule has 1 aromatic carbocycles. The fraction of sp³-hybridized carbons (Fsp3) is 0.500. The van der Waals surface area contributed by atoms with Crippen LogP contribution in [0.3, 0.4) is 0 Å². The molecule has 1 unspecified atom stereocenters. The highest BCUT2D eigenvalue weighted by Gasteiger charge is 2.33. The summed E-state index contributed by atoms with van der Waals surface area (Å²) >= 11 is 1.41. The molecule has 0 radical (unpaired) electrons. The molecule has 134 valence electrons. The normalized spacial score (nSPS) is 17.7. The van der Waals surface area contributed by atoms with Crippen LogP contribution in [0.25, 0.3) is 11.0 Å². The maximum atomic E-state index is 12.7. The molecule has 6 nitrogen and oxygen atoms in total. The molecule has 2 heterocycles. The lowest BCUT2D eigenvalue weighted by Crippen LogP contribution is -2.49. The van der Waals surface area contributed by atoms with Crippen molar-refractivity contribution in [3.8, 4) is 0 Å². The fourth-order valence-corrected chi connectivity index (χ4v) is 4.05. The highest BCUT2D eigenvalue weighted by atomic mass is 32.2. The number of aryl methyl sites for hydroxylation is 1. The molecule has 0 spiro atoms. The van der Waals surface area contributed by atoms with Gasteiger partial charge in [0.2, 0.25) is 5.91 Å². The van der Waals surface area contributed by atoms with E-state index >= 15 is 0 Å². The summed E-state index contributed by atoms with van der Waals surface area (Å²) in [5, 5.41) is 0.805. The molecule has 0 saturated carbocycles. The van der Waals surface area contributed by atoms with Gasteiger partial charge in [0.1, 0.15) is 6.04 Å². The Morgan fingerprint density at radius 1 is 1.32 bits per heavy atom. The Hall–Kier alpha value is -2.02. The van der Waals surface area contributed by atoms with E-state index in [0.717, 1.165) is 29.0 Å². The molecule has 7 heteroatoms. The van der Waals surface area contributed by atoms with Crippen molar-refractivity contribution in [2.45, 2.75) is 37.4 Å². The number of thioether (sulfide) groups is 1. The van der Waals surface area contributed by atoms with Crippen molar-refractivity contribution in [3.05, 3.63) is 24.3 Å².